The lowest BCUT2D eigenvalue weighted by Gasteiger charge is -2.09. The van der Waals surface area contributed by atoms with Gasteiger partial charge in [0.1, 0.15) is 17.9 Å². The second kappa shape index (κ2) is 6.02. The summed E-state index contributed by atoms with van der Waals surface area (Å²) in [6, 6.07) is 9.62. The van der Waals surface area contributed by atoms with Crippen LogP contribution in [0.4, 0.5) is 0 Å². The minimum atomic E-state index is 0.510. The topological polar surface area (TPSA) is 48.1 Å². The molecule has 5 heteroatoms. The minimum Gasteiger partial charge on any atom is -0.487 e. The van der Waals surface area contributed by atoms with E-state index in [-0.39, 0.29) is 0 Å². The van der Waals surface area contributed by atoms with Gasteiger partial charge in [-0.15, -0.1) is 11.3 Å². The second-order valence-electron chi connectivity index (χ2n) is 4.73. The number of fused-ring (bicyclic) bond motifs is 1. The number of hydrogen-bond acceptors (Lipinski definition) is 4. The van der Waals surface area contributed by atoms with Gasteiger partial charge in [-0.05, 0) is 37.3 Å². The Morgan fingerprint density at radius 3 is 2.95 bits per heavy atom. The molecule has 3 aromatic rings. The van der Waals surface area contributed by atoms with Crippen molar-refractivity contribution in [2.75, 3.05) is 0 Å². The van der Waals surface area contributed by atoms with Crippen molar-refractivity contribution in [3.63, 3.8) is 0 Å². The number of benzene rings is 1. The van der Waals surface area contributed by atoms with Crippen LogP contribution in [0.5, 0.6) is 5.75 Å². The lowest BCUT2D eigenvalue weighted by molar-refractivity contribution is 0.309. The van der Waals surface area contributed by atoms with Crippen LogP contribution in [0.15, 0.2) is 36.5 Å². The first-order valence-corrected chi connectivity index (χ1v) is 7.83. The number of aromatic nitrogens is 1. The van der Waals surface area contributed by atoms with E-state index in [1.165, 1.54) is 15.3 Å². The van der Waals surface area contributed by atoms with Crippen molar-refractivity contribution in [2.45, 2.75) is 20.1 Å². The van der Waals surface area contributed by atoms with E-state index in [4.69, 9.17) is 22.1 Å². The quantitative estimate of drug-likeness (QED) is 0.780. The van der Waals surface area contributed by atoms with Gasteiger partial charge in [0.15, 0.2) is 0 Å². The number of nitrogens with two attached hydrogens (primary N) is 1. The Labute approximate surface area is 132 Å². The Bertz CT molecular complexity index is 785. The maximum atomic E-state index is 6.19. The van der Waals surface area contributed by atoms with Crippen molar-refractivity contribution < 1.29 is 4.74 Å². The van der Waals surface area contributed by atoms with E-state index in [0.717, 1.165) is 16.7 Å². The molecule has 0 spiro atoms. The Hall–Kier alpha value is -1.62. The van der Waals surface area contributed by atoms with E-state index < -0.39 is 0 Å². The summed E-state index contributed by atoms with van der Waals surface area (Å²) < 4.78 is 5.94. The molecular formula is C16H15ClN2OS. The van der Waals surface area contributed by atoms with Gasteiger partial charge in [-0.3, -0.25) is 4.98 Å². The van der Waals surface area contributed by atoms with E-state index in [1.807, 2.05) is 24.3 Å². The molecule has 0 aliphatic carbocycles. The normalized spacial score (nSPS) is 11.0. The number of halogens is 1. The molecule has 0 saturated heterocycles. The van der Waals surface area contributed by atoms with Crippen LogP contribution in [0.1, 0.15) is 15.3 Å². The zero-order chi connectivity index (χ0) is 14.8. The van der Waals surface area contributed by atoms with Crippen LogP contribution >= 0.6 is 22.9 Å². The van der Waals surface area contributed by atoms with E-state index in [9.17, 15) is 0 Å². The van der Waals surface area contributed by atoms with Gasteiger partial charge < -0.3 is 10.5 Å². The highest BCUT2D eigenvalue weighted by molar-refractivity contribution is 7.12. The van der Waals surface area contributed by atoms with Crippen LogP contribution in [0.2, 0.25) is 5.02 Å². The summed E-state index contributed by atoms with van der Waals surface area (Å²) >= 11 is 7.90. The van der Waals surface area contributed by atoms with E-state index in [1.54, 1.807) is 17.5 Å². The smallest absolute Gasteiger partial charge is 0.146 e. The molecule has 0 aliphatic rings. The molecule has 3 nitrogen and oxygen atoms in total. The summed E-state index contributed by atoms with van der Waals surface area (Å²) in [5, 5.41) is 1.59. The van der Waals surface area contributed by atoms with Crippen LogP contribution < -0.4 is 10.5 Å². The molecule has 2 heterocycles. The summed E-state index contributed by atoms with van der Waals surface area (Å²) in [5.74, 6) is 0.745. The SMILES string of the molecule is Cc1sc(CN)cc1COc1ccc(Cl)c2cccnc12. The summed E-state index contributed by atoms with van der Waals surface area (Å²) in [6.07, 6.45) is 1.74. The first-order valence-electron chi connectivity index (χ1n) is 6.63. The first kappa shape index (κ1) is 14.3. The second-order valence-corrected chi connectivity index (χ2v) is 6.48. The molecule has 0 bridgehead atoms. The van der Waals surface area contributed by atoms with Crippen molar-refractivity contribution in [2.24, 2.45) is 5.73 Å². The number of ether oxygens (including phenoxy) is 1. The first-order chi connectivity index (χ1) is 10.2. The van der Waals surface area contributed by atoms with Crippen molar-refractivity contribution in [3.8, 4) is 5.75 Å². The lowest BCUT2D eigenvalue weighted by Crippen LogP contribution is -1.97. The summed E-state index contributed by atoms with van der Waals surface area (Å²) in [4.78, 5) is 6.78. The molecule has 0 atom stereocenters. The third kappa shape index (κ3) is 2.88. The Morgan fingerprint density at radius 1 is 1.33 bits per heavy atom. The van der Waals surface area contributed by atoms with Gasteiger partial charge in [-0.25, -0.2) is 0 Å². The fourth-order valence-electron chi connectivity index (χ4n) is 2.22. The maximum absolute atomic E-state index is 6.19. The van der Waals surface area contributed by atoms with E-state index in [2.05, 4.69) is 18.0 Å². The molecule has 2 aromatic heterocycles. The highest BCUT2D eigenvalue weighted by Crippen LogP contribution is 2.31. The number of hydrogen-bond donors (Lipinski definition) is 1. The van der Waals surface area contributed by atoms with Gasteiger partial charge in [0.05, 0.1) is 5.02 Å². The molecule has 0 saturated carbocycles. The predicted octanol–water partition coefficient (Wildman–Crippen LogP) is 4.30. The molecular weight excluding hydrogens is 304 g/mol. The van der Waals surface area contributed by atoms with Gasteiger partial charge in [0.25, 0.3) is 0 Å². The zero-order valence-corrected chi connectivity index (χ0v) is 13.2. The lowest BCUT2D eigenvalue weighted by atomic mass is 10.2. The number of nitrogens with zero attached hydrogens (tertiary/aromatic N) is 1. The van der Waals surface area contributed by atoms with Crippen molar-refractivity contribution in [1.82, 2.24) is 4.98 Å². The van der Waals surface area contributed by atoms with E-state index in [0.29, 0.717) is 18.2 Å². The number of pyridine rings is 1. The molecule has 0 aliphatic heterocycles. The largest absolute Gasteiger partial charge is 0.487 e. The molecule has 0 amide bonds. The Kier molecular flexibility index (Phi) is 4.10. The number of aryl methyl sites for hydroxylation is 1. The standard InChI is InChI=1S/C16H15ClN2OS/c1-10-11(7-12(8-18)21-10)9-20-15-5-4-14(17)13-3-2-6-19-16(13)15/h2-7H,8-9,18H2,1H3. The minimum absolute atomic E-state index is 0.510. The van der Waals surface area contributed by atoms with Crippen molar-refractivity contribution >= 4 is 33.8 Å². The number of rotatable bonds is 4. The Morgan fingerprint density at radius 2 is 2.19 bits per heavy atom. The fraction of sp³-hybridized carbons (Fsp3) is 0.188. The fourth-order valence-corrected chi connectivity index (χ4v) is 3.36. The zero-order valence-electron chi connectivity index (χ0n) is 11.6. The van der Waals surface area contributed by atoms with Crippen LogP contribution in [-0.2, 0) is 13.2 Å². The third-order valence-corrected chi connectivity index (χ3v) is 4.78. The highest BCUT2D eigenvalue weighted by Gasteiger charge is 2.09. The van der Waals surface area contributed by atoms with Gasteiger partial charge in [0, 0.05) is 33.4 Å². The molecule has 1 aromatic carbocycles. The highest BCUT2D eigenvalue weighted by atomic mass is 35.5. The monoisotopic (exact) mass is 318 g/mol. The summed E-state index contributed by atoms with van der Waals surface area (Å²) in [5.41, 5.74) is 7.63. The average Bonchev–Trinajstić information content (AvgIpc) is 2.87. The van der Waals surface area contributed by atoms with Crippen LogP contribution in [-0.4, -0.2) is 4.98 Å². The van der Waals surface area contributed by atoms with Crippen molar-refractivity contribution in [1.29, 1.82) is 0 Å². The van der Waals surface area contributed by atoms with Crippen LogP contribution in [0, 0.1) is 6.92 Å². The van der Waals surface area contributed by atoms with Gasteiger partial charge in [0.2, 0.25) is 0 Å². The number of thiophene rings is 1. The molecule has 3 rings (SSSR count). The van der Waals surface area contributed by atoms with Crippen molar-refractivity contribution in [3.05, 3.63) is 56.9 Å². The van der Waals surface area contributed by atoms with Gasteiger partial charge in [-0.2, -0.15) is 0 Å². The van der Waals surface area contributed by atoms with E-state index >= 15 is 0 Å². The van der Waals surface area contributed by atoms with Gasteiger partial charge in [-0.1, -0.05) is 11.6 Å². The van der Waals surface area contributed by atoms with Crippen LogP contribution in [0.25, 0.3) is 10.9 Å². The molecule has 0 radical (unpaired) electrons. The Balaban J connectivity index is 1.88. The van der Waals surface area contributed by atoms with Gasteiger partial charge >= 0.3 is 0 Å². The molecule has 0 fully saturated rings. The maximum Gasteiger partial charge on any atom is 0.146 e. The molecule has 21 heavy (non-hydrogen) atoms. The predicted molar refractivity (Wildman–Crippen MR) is 88.0 cm³/mol. The molecule has 2 N–H and O–H groups in total. The molecule has 108 valence electrons. The third-order valence-electron chi connectivity index (χ3n) is 3.34. The summed E-state index contributed by atoms with van der Waals surface area (Å²) in [7, 11) is 0. The molecule has 0 unspecified atom stereocenters. The average molecular weight is 319 g/mol. The summed E-state index contributed by atoms with van der Waals surface area (Å²) in [6.45, 7) is 3.16. The van der Waals surface area contributed by atoms with Crippen LogP contribution in [0.3, 0.4) is 0 Å².